The van der Waals surface area contributed by atoms with Gasteiger partial charge in [-0.15, -0.1) is 0 Å². The molecule has 0 spiro atoms. The molecular formula is C21H24F2N6O2. The smallest absolute Gasteiger partial charge is 0.229 e. The summed E-state index contributed by atoms with van der Waals surface area (Å²) in [4.78, 5) is 16.7. The summed E-state index contributed by atoms with van der Waals surface area (Å²) < 4.78 is 27.9. The fourth-order valence-corrected chi connectivity index (χ4v) is 4.16. The van der Waals surface area contributed by atoms with Gasteiger partial charge in [0, 0.05) is 43.2 Å². The first-order valence-corrected chi connectivity index (χ1v) is 10.0. The van der Waals surface area contributed by atoms with E-state index < -0.39 is 23.8 Å². The minimum Gasteiger partial charge on any atom is -0.396 e. The fourth-order valence-electron chi connectivity index (χ4n) is 4.16. The van der Waals surface area contributed by atoms with Crippen molar-refractivity contribution in [2.45, 2.75) is 26.6 Å². The number of benzene rings is 1. The zero-order valence-corrected chi connectivity index (χ0v) is 17.5. The molecule has 2 aromatic rings. The van der Waals surface area contributed by atoms with Gasteiger partial charge in [-0.3, -0.25) is 10.2 Å². The lowest BCUT2D eigenvalue weighted by molar-refractivity contribution is -0.135. The third-order valence-electron chi connectivity index (χ3n) is 6.08. The molecule has 1 aromatic heterocycles. The largest absolute Gasteiger partial charge is 0.396 e. The minimum atomic E-state index is -0.644. The van der Waals surface area contributed by atoms with Crippen LogP contribution < -0.4 is 5.43 Å². The Morgan fingerprint density at radius 2 is 1.87 bits per heavy atom. The topological polar surface area (TPSA) is 94.0 Å². The van der Waals surface area contributed by atoms with E-state index in [-0.39, 0.29) is 30.4 Å². The van der Waals surface area contributed by atoms with Gasteiger partial charge < -0.3 is 14.9 Å². The average Bonchev–Trinajstić information content (AvgIpc) is 3.26. The van der Waals surface area contributed by atoms with Gasteiger partial charge in [-0.2, -0.15) is 15.3 Å². The number of likely N-dealkylation sites (tertiary alicyclic amines) is 1. The van der Waals surface area contributed by atoms with Crippen molar-refractivity contribution in [3.8, 4) is 0 Å². The summed E-state index contributed by atoms with van der Waals surface area (Å²) in [6.07, 6.45) is 2.85. The first kappa shape index (κ1) is 21.1. The van der Waals surface area contributed by atoms with Gasteiger partial charge in [0.1, 0.15) is 11.6 Å². The molecule has 164 valence electrons. The summed E-state index contributed by atoms with van der Waals surface area (Å²) in [6.45, 7) is 3.36. The zero-order chi connectivity index (χ0) is 22.3. The number of aliphatic hydroxyl groups excluding tert-OH is 1. The van der Waals surface area contributed by atoms with Crippen molar-refractivity contribution < 1.29 is 18.7 Å². The second-order valence-corrected chi connectivity index (χ2v) is 8.06. The maximum atomic E-state index is 14.0. The van der Waals surface area contributed by atoms with Crippen LogP contribution in [0.2, 0.25) is 0 Å². The van der Waals surface area contributed by atoms with Crippen molar-refractivity contribution in [1.82, 2.24) is 25.4 Å². The minimum absolute atomic E-state index is 0.0517. The maximum Gasteiger partial charge on any atom is 0.229 e. The van der Waals surface area contributed by atoms with Gasteiger partial charge in [-0.1, -0.05) is 0 Å². The molecule has 2 aliphatic heterocycles. The van der Waals surface area contributed by atoms with E-state index in [1.165, 1.54) is 19.1 Å². The Morgan fingerprint density at radius 1 is 1.19 bits per heavy atom. The number of hydrogen-bond acceptors (Lipinski definition) is 7. The van der Waals surface area contributed by atoms with E-state index in [0.717, 1.165) is 11.1 Å². The monoisotopic (exact) mass is 430 g/mol. The quantitative estimate of drug-likeness (QED) is 0.740. The van der Waals surface area contributed by atoms with Gasteiger partial charge in [-0.05, 0) is 43.5 Å². The number of hydrazone groups is 1. The van der Waals surface area contributed by atoms with Crippen molar-refractivity contribution in [3.63, 3.8) is 0 Å². The van der Waals surface area contributed by atoms with Gasteiger partial charge >= 0.3 is 0 Å². The van der Waals surface area contributed by atoms with Gasteiger partial charge in [0.15, 0.2) is 12.1 Å². The maximum absolute atomic E-state index is 14.0. The van der Waals surface area contributed by atoms with Crippen molar-refractivity contribution in [3.05, 3.63) is 58.4 Å². The molecule has 0 radical (unpaired) electrons. The molecule has 8 nitrogen and oxygen atoms in total. The van der Waals surface area contributed by atoms with E-state index in [2.05, 4.69) is 20.7 Å². The van der Waals surface area contributed by atoms with Crippen LogP contribution in [0, 0.1) is 37.3 Å². The molecule has 0 aliphatic carbocycles. The zero-order valence-electron chi connectivity index (χ0n) is 17.5. The number of aliphatic hydroxyl groups is 1. The number of carbonyl (C=O) groups excluding carboxylic acids is 1. The standard InChI is InChI=1S/C21H24F2N6O2/c1-11-7-24-25-8-16(11)19-26-27-21(28(19)3)29-9-14(10-30)15(20(29)31)4-13-5-17(22)12(2)18(23)6-13/h5-8,14-15,21,27,30H,4,9-10H2,1-3H3. The van der Waals surface area contributed by atoms with Gasteiger partial charge in [0.05, 0.1) is 12.4 Å². The van der Waals surface area contributed by atoms with Crippen molar-refractivity contribution in [2.75, 3.05) is 20.2 Å². The normalized spacial score (nSPS) is 23.4. The van der Waals surface area contributed by atoms with Crippen molar-refractivity contribution in [1.29, 1.82) is 0 Å². The molecule has 1 amide bonds. The number of amides is 1. The lowest BCUT2D eigenvalue weighted by Gasteiger charge is -2.31. The highest BCUT2D eigenvalue weighted by Gasteiger charge is 2.45. The molecule has 1 aromatic carbocycles. The van der Waals surface area contributed by atoms with E-state index in [4.69, 9.17) is 0 Å². The predicted octanol–water partition coefficient (Wildman–Crippen LogP) is 1.16. The highest BCUT2D eigenvalue weighted by molar-refractivity contribution is 6.00. The number of aryl methyl sites for hydroxylation is 1. The first-order valence-electron chi connectivity index (χ1n) is 10.0. The third-order valence-corrected chi connectivity index (χ3v) is 6.08. The molecule has 1 fully saturated rings. The predicted molar refractivity (Wildman–Crippen MR) is 109 cm³/mol. The second-order valence-electron chi connectivity index (χ2n) is 8.06. The molecule has 10 heteroatoms. The number of carbonyl (C=O) groups is 1. The van der Waals surface area contributed by atoms with Crippen LogP contribution in [-0.4, -0.2) is 63.3 Å². The summed E-state index contributed by atoms with van der Waals surface area (Å²) in [5, 5.41) is 22.0. The van der Waals surface area contributed by atoms with E-state index in [0.29, 0.717) is 17.9 Å². The van der Waals surface area contributed by atoms with Crippen LogP contribution >= 0.6 is 0 Å². The molecule has 3 unspecified atom stereocenters. The molecule has 3 heterocycles. The van der Waals surface area contributed by atoms with Crippen LogP contribution in [0.5, 0.6) is 0 Å². The number of nitrogens with one attached hydrogen (secondary N) is 1. The highest BCUT2D eigenvalue weighted by Crippen LogP contribution is 2.31. The molecular weight excluding hydrogens is 406 g/mol. The Morgan fingerprint density at radius 3 is 2.52 bits per heavy atom. The van der Waals surface area contributed by atoms with Gasteiger partial charge in [0.2, 0.25) is 5.91 Å². The second kappa shape index (κ2) is 8.18. The Labute approximate surface area is 178 Å². The summed E-state index contributed by atoms with van der Waals surface area (Å²) >= 11 is 0. The number of amidine groups is 1. The van der Waals surface area contributed by atoms with Crippen LogP contribution in [0.3, 0.4) is 0 Å². The Kier molecular flexibility index (Phi) is 5.57. The summed E-state index contributed by atoms with van der Waals surface area (Å²) in [5.41, 5.74) is 5.00. The SMILES string of the molecule is Cc1cnncc1C1=NNC(N2CC(CO)C(Cc3cc(F)c(C)c(F)c3)C2=O)N1C. The summed E-state index contributed by atoms with van der Waals surface area (Å²) in [6, 6.07) is 2.51. The lowest BCUT2D eigenvalue weighted by atomic mass is 9.89. The number of hydrogen-bond donors (Lipinski definition) is 2. The molecule has 4 rings (SSSR count). The number of rotatable bonds is 5. The van der Waals surface area contributed by atoms with E-state index >= 15 is 0 Å². The molecule has 2 aliphatic rings. The fraction of sp³-hybridized carbons (Fsp3) is 0.429. The lowest BCUT2D eigenvalue weighted by Crippen LogP contribution is -2.52. The van der Waals surface area contributed by atoms with Gasteiger partial charge in [0.25, 0.3) is 0 Å². The molecule has 0 saturated carbocycles. The third kappa shape index (κ3) is 3.71. The van der Waals surface area contributed by atoms with Crippen LogP contribution in [0.25, 0.3) is 0 Å². The van der Waals surface area contributed by atoms with E-state index in [1.54, 1.807) is 17.3 Å². The first-order chi connectivity index (χ1) is 14.8. The summed E-state index contributed by atoms with van der Waals surface area (Å²) in [5.74, 6) is -1.81. The van der Waals surface area contributed by atoms with Gasteiger partial charge in [-0.25, -0.2) is 8.78 Å². The molecule has 2 N–H and O–H groups in total. The van der Waals surface area contributed by atoms with Crippen molar-refractivity contribution in [2.24, 2.45) is 16.9 Å². The van der Waals surface area contributed by atoms with Crippen LogP contribution in [-0.2, 0) is 11.2 Å². The molecule has 0 bridgehead atoms. The molecule has 1 saturated heterocycles. The number of aromatic nitrogens is 2. The van der Waals surface area contributed by atoms with Crippen LogP contribution in [0.4, 0.5) is 8.78 Å². The van der Waals surface area contributed by atoms with Crippen LogP contribution in [0.1, 0.15) is 22.3 Å². The summed E-state index contributed by atoms with van der Waals surface area (Å²) in [7, 11) is 1.81. The van der Waals surface area contributed by atoms with Crippen molar-refractivity contribution >= 4 is 11.7 Å². The molecule has 3 atom stereocenters. The van der Waals surface area contributed by atoms with E-state index in [9.17, 15) is 18.7 Å². The number of nitrogens with zero attached hydrogens (tertiary/aromatic N) is 5. The number of halogens is 2. The Hall–Kier alpha value is -3.14. The average molecular weight is 430 g/mol. The van der Waals surface area contributed by atoms with E-state index in [1.807, 2.05) is 18.9 Å². The molecule has 31 heavy (non-hydrogen) atoms. The Bertz CT molecular complexity index is 1020. The highest BCUT2D eigenvalue weighted by atomic mass is 19.1. The Balaban J connectivity index is 1.54. The van der Waals surface area contributed by atoms with Crippen LogP contribution in [0.15, 0.2) is 29.6 Å².